The van der Waals surface area contributed by atoms with E-state index in [-0.39, 0.29) is 26.3 Å². The van der Waals surface area contributed by atoms with Crippen molar-refractivity contribution in [2.75, 3.05) is 17.3 Å². The zero-order chi connectivity index (χ0) is 17.4. The number of halogens is 2. The molecule has 0 unspecified atom stereocenters. The fraction of sp³-hybridized carbons (Fsp3) is 0.0769. The van der Waals surface area contributed by atoms with E-state index in [4.69, 9.17) is 28.9 Å². The molecule has 0 saturated heterocycles. The van der Waals surface area contributed by atoms with Crippen LogP contribution in [0.4, 0.5) is 22.7 Å². The summed E-state index contributed by atoms with van der Waals surface area (Å²) in [6.45, 7) is 0. The topological polar surface area (TPSA) is 115 Å². The molecule has 0 aliphatic carbocycles. The molecule has 0 radical (unpaired) electrons. The van der Waals surface area contributed by atoms with Gasteiger partial charge in [-0.2, -0.15) is 0 Å². The maximum absolute atomic E-state index is 11.7. The van der Waals surface area contributed by atoms with E-state index in [1.54, 1.807) is 0 Å². The molecule has 3 N–H and O–H groups in total. The molecule has 0 aromatic heterocycles. The van der Waals surface area contributed by atoms with Gasteiger partial charge in [-0.1, -0.05) is 29.3 Å². The number of hydrogen-bond donors (Lipinski definition) is 2. The van der Waals surface area contributed by atoms with Crippen LogP contribution < -0.4 is 11.1 Å². The average Bonchev–Trinajstić information content (AvgIpc) is 2.43. The Kier molecular flexibility index (Phi) is 4.69. The number of nitro benzene ring substituents is 1. The van der Waals surface area contributed by atoms with Gasteiger partial charge < -0.3 is 11.1 Å². The maximum Gasteiger partial charge on any atom is 0.311 e. The number of nitrogen functional groups attached to an aromatic ring is 1. The van der Waals surface area contributed by atoms with E-state index in [2.05, 4.69) is 5.32 Å². The number of benzene rings is 2. The third kappa shape index (κ3) is 3.66. The summed E-state index contributed by atoms with van der Waals surface area (Å²) in [7, 11) is -3.77. The van der Waals surface area contributed by atoms with Crippen molar-refractivity contribution in [1.82, 2.24) is 0 Å². The molecule has 2 aromatic carbocycles. The van der Waals surface area contributed by atoms with E-state index in [9.17, 15) is 18.5 Å². The highest BCUT2D eigenvalue weighted by Crippen LogP contribution is 2.37. The molecule has 7 nitrogen and oxygen atoms in total. The average molecular weight is 376 g/mol. The van der Waals surface area contributed by atoms with Crippen molar-refractivity contribution >= 4 is 55.8 Å². The van der Waals surface area contributed by atoms with Crippen LogP contribution in [-0.2, 0) is 9.84 Å². The van der Waals surface area contributed by atoms with Gasteiger partial charge in [-0.25, -0.2) is 8.42 Å². The van der Waals surface area contributed by atoms with E-state index >= 15 is 0 Å². The van der Waals surface area contributed by atoms with Crippen LogP contribution in [0.25, 0.3) is 0 Å². The lowest BCUT2D eigenvalue weighted by atomic mass is 10.2. The zero-order valence-electron chi connectivity index (χ0n) is 11.7. The minimum atomic E-state index is -3.77. The lowest BCUT2D eigenvalue weighted by molar-refractivity contribution is -0.386. The van der Waals surface area contributed by atoms with Crippen LogP contribution in [0, 0.1) is 10.1 Å². The second-order valence-corrected chi connectivity index (χ2v) is 7.46. The minimum absolute atomic E-state index is 0.00479. The van der Waals surface area contributed by atoms with Crippen molar-refractivity contribution in [3.05, 3.63) is 50.5 Å². The zero-order valence-corrected chi connectivity index (χ0v) is 14.0. The van der Waals surface area contributed by atoms with Crippen LogP contribution >= 0.6 is 23.2 Å². The first-order chi connectivity index (χ1) is 10.6. The molecule has 2 rings (SSSR count). The lowest BCUT2D eigenvalue weighted by Crippen LogP contribution is -2.05. The third-order valence-corrected chi connectivity index (χ3v) is 4.69. The molecule has 0 heterocycles. The summed E-state index contributed by atoms with van der Waals surface area (Å²) in [6.07, 6.45) is 0.899. The molecular weight excluding hydrogens is 365 g/mol. The van der Waals surface area contributed by atoms with Crippen molar-refractivity contribution < 1.29 is 13.3 Å². The Morgan fingerprint density at radius 2 is 1.78 bits per heavy atom. The predicted molar refractivity (Wildman–Crippen MR) is 90.4 cm³/mol. The van der Waals surface area contributed by atoms with Gasteiger partial charge in [0.05, 0.1) is 20.7 Å². The number of anilines is 3. The number of nitrogens with two attached hydrogens (primary N) is 1. The van der Waals surface area contributed by atoms with Gasteiger partial charge in [-0.15, -0.1) is 0 Å². The monoisotopic (exact) mass is 375 g/mol. The number of nitrogens with one attached hydrogen (secondary N) is 1. The Hall–Kier alpha value is -2.03. The first kappa shape index (κ1) is 17.3. The fourth-order valence-electron chi connectivity index (χ4n) is 1.92. The first-order valence-corrected chi connectivity index (χ1v) is 8.75. The Labute approximate surface area is 142 Å². The van der Waals surface area contributed by atoms with Crippen molar-refractivity contribution in [1.29, 1.82) is 0 Å². The quantitative estimate of drug-likeness (QED) is 0.478. The van der Waals surface area contributed by atoms with Gasteiger partial charge in [0.1, 0.15) is 10.6 Å². The normalized spacial score (nSPS) is 11.3. The highest BCUT2D eigenvalue weighted by atomic mass is 35.5. The summed E-state index contributed by atoms with van der Waals surface area (Å²) in [5.41, 5.74) is 5.58. The number of para-hydroxylation sites is 1. The lowest BCUT2D eigenvalue weighted by Gasteiger charge is -2.11. The largest absolute Gasteiger partial charge is 0.396 e. The molecule has 0 atom stereocenters. The Morgan fingerprint density at radius 3 is 2.26 bits per heavy atom. The number of sulfone groups is 1. The Balaban J connectivity index is 2.59. The highest BCUT2D eigenvalue weighted by Gasteiger charge is 2.26. The summed E-state index contributed by atoms with van der Waals surface area (Å²) in [6, 6.07) is 6.80. The van der Waals surface area contributed by atoms with E-state index < -0.39 is 20.4 Å². The molecular formula is C13H11Cl2N3O4S. The second kappa shape index (κ2) is 6.23. The van der Waals surface area contributed by atoms with Crippen LogP contribution in [0.15, 0.2) is 35.2 Å². The van der Waals surface area contributed by atoms with E-state index in [0.717, 1.165) is 6.26 Å². The molecule has 0 saturated carbocycles. The molecule has 122 valence electrons. The van der Waals surface area contributed by atoms with Crippen molar-refractivity contribution in [2.45, 2.75) is 4.90 Å². The Morgan fingerprint density at radius 1 is 1.22 bits per heavy atom. The minimum Gasteiger partial charge on any atom is -0.396 e. The first-order valence-electron chi connectivity index (χ1n) is 6.10. The van der Waals surface area contributed by atoms with E-state index in [0.29, 0.717) is 5.69 Å². The number of rotatable bonds is 4. The standard InChI is InChI=1S/C13H11Cl2N3O4S/c1-23(21,22)11-4-2-3-10(13(11)18(19)20)17-7-5-8(14)12(16)9(15)6-7/h2-6,17H,16H2,1H3. The molecule has 0 fully saturated rings. The van der Waals surface area contributed by atoms with Crippen LogP contribution in [0.5, 0.6) is 0 Å². The van der Waals surface area contributed by atoms with Gasteiger partial charge in [0.15, 0.2) is 9.84 Å². The maximum atomic E-state index is 11.7. The molecule has 2 aromatic rings. The predicted octanol–water partition coefficient (Wildman–Crippen LogP) is 3.63. The van der Waals surface area contributed by atoms with Crippen molar-refractivity contribution in [3.63, 3.8) is 0 Å². The molecule has 0 aliphatic rings. The second-order valence-electron chi connectivity index (χ2n) is 4.66. The van der Waals surface area contributed by atoms with Gasteiger partial charge in [0.25, 0.3) is 0 Å². The van der Waals surface area contributed by atoms with Crippen LogP contribution in [-0.4, -0.2) is 19.6 Å². The van der Waals surface area contributed by atoms with Crippen LogP contribution in [0.1, 0.15) is 0 Å². The van der Waals surface area contributed by atoms with Gasteiger partial charge in [0, 0.05) is 11.9 Å². The molecule has 23 heavy (non-hydrogen) atoms. The van der Waals surface area contributed by atoms with Crippen LogP contribution in [0.3, 0.4) is 0 Å². The summed E-state index contributed by atoms with van der Waals surface area (Å²) in [4.78, 5) is 10.1. The number of hydrogen-bond acceptors (Lipinski definition) is 6. The fourth-order valence-corrected chi connectivity index (χ4v) is 3.27. The van der Waals surface area contributed by atoms with E-state index in [1.807, 2.05) is 0 Å². The summed E-state index contributed by atoms with van der Waals surface area (Å²) in [5, 5.41) is 14.4. The van der Waals surface area contributed by atoms with Gasteiger partial charge in [0.2, 0.25) is 0 Å². The molecule has 0 spiro atoms. The number of nitro groups is 1. The molecule has 10 heteroatoms. The molecule has 0 aliphatic heterocycles. The molecule has 0 amide bonds. The SMILES string of the molecule is CS(=O)(=O)c1cccc(Nc2cc(Cl)c(N)c(Cl)c2)c1[N+](=O)[O-]. The summed E-state index contributed by atoms with van der Waals surface area (Å²) < 4.78 is 23.4. The summed E-state index contributed by atoms with van der Waals surface area (Å²) >= 11 is 11.8. The molecule has 0 bridgehead atoms. The van der Waals surface area contributed by atoms with Crippen LogP contribution in [0.2, 0.25) is 10.0 Å². The highest BCUT2D eigenvalue weighted by molar-refractivity contribution is 7.90. The van der Waals surface area contributed by atoms with Gasteiger partial charge >= 0.3 is 5.69 Å². The Bertz CT molecular complexity index is 877. The van der Waals surface area contributed by atoms with Gasteiger partial charge in [-0.3, -0.25) is 10.1 Å². The summed E-state index contributed by atoms with van der Waals surface area (Å²) in [5.74, 6) is 0. The van der Waals surface area contributed by atoms with E-state index in [1.165, 1.54) is 30.3 Å². The van der Waals surface area contributed by atoms with Crippen molar-refractivity contribution in [2.24, 2.45) is 0 Å². The smallest absolute Gasteiger partial charge is 0.311 e. The third-order valence-electron chi connectivity index (χ3n) is 2.94. The van der Waals surface area contributed by atoms with Gasteiger partial charge in [-0.05, 0) is 24.3 Å². The number of nitrogens with zero attached hydrogens (tertiary/aromatic N) is 1. The van der Waals surface area contributed by atoms with Crippen molar-refractivity contribution in [3.8, 4) is 0 Å².